The molecule has 0 saturated heterocycles. The molecule has 0 aliphatic rings. The number of nitriles is 1. The van der Waals surface area contributed by atoms with Gasteiger partial charge in [0, 0.05) is 21.8 Å². The number of benzene rings is 7. The Balaban J connectivity index is 1.24. The lowest BCUT2D eigenvalue weighted by molar-refractivity contribution is 1.18. The first-order chi connectivity index (χ1) is 24.7. The predicted molar refractivity (Wildman–Crippen MR) is 203 cm³/mol. The smallest absolute Gasteiger partial charge is 0.211 e. The molecule has 2 heterocycles. The van der Waals surface area contributed by atoms with Crippen molar-refractivity contribution in [2.45, 2.75) is 0 Å². The molecule has 0 atom stereocenters. The summed E-state index contributed by atoms with van der Waals surface area (Å²) in [7, 11) is 0. The van der Waals surface area contributed by atoms with Crippen LogP contribution in [-0.2, 0) is 0 Å². The van der Waals surface area contributed by atoms with Crippen molar-refractivity contribution in [2.75, 3.05) is 0 Å². The maximum atomic E-state index is 9.67. The van der Waals surface area contributed by atoms with E-state index in [9.17, 15) is 5.26 Å². The van der Waals surface area contributed by atoms with Crippen LogP contribution in [0.25, 0.3) is 86.9 Å². The molecule has 0 unspecified atom stereocenters. The SMILES string of the molecule is [C-]#[N+]c1cccc(-c2cccc(-c3cccc(-n4c5ccccc5c5cccc([N+]#[C-])c54)c3)c2)c1-n1c2ccccc2c2cc(C#N)ccc21. The molecule has 230 valence electrons. The van der Waals surface area contributed by atoms with Crippen molar-refractivity contribution in [3.8, 4) is 39.7 Å². The van der Waals surface area contributed by atoms with Gasteiger partial charge in [0.1, 0.15) is 0 Å². The molecule has 5 heteroatoms. The van der Waals surface area contributed by atoms with E-state index in [1.807, 2.05) is 66.7 Å². The Kier molecular flexibility index (Phi) is 6.56. The lowest BCUT2D eigenvalue weighted by Crippen LogP contribution is -1.98. The highest BCUT2D eigenvalue weighted by atomic mass is 15.0. The highest BCUT2D eigenvalue weighted by Gasteiger charge is 2.20. The highest BCUT2D eigenvalue weighted by molar-refractivity contribution is 6.13. The molecule has 7 aromatic carbocycles. The monoisotopic (exact) mass is 635 g/mol. The Morgan fingerprint density at radius 1 is 0.480 bits per heavy atom. The standard InChI is InChI=1S/C45H25N5/c1-47-39-19-9-17-34(44(39)50-42-22-6-4-16-36(42)38-25-29(28-46)23-24-43(38)50)32-13-7-11-30(26-32)31-12-8-14-33(27-31)49-41-21-5-3-15-35(41)37-18-10-20-40(48-2)45(37)49/h3-27H. The maximum Gasteiger partial charge on any atom is 0.211 e. The van der Waals surface area contributed by atoms with Crippen molar-refractivity contribution in [1.29, 1.82) is 5.26 Å². The lowest BCUT2D eigenvalue weighted by atomic mass is 9.97. The first-order valence-corrected chi connectivity index (χ1v) is 16.2. The van der Waals surface area contributed by atoms with E-state index in [1.54, 1.807) is 0 Å². The summed E-state index contributed by atoms with van der Waals surface area (Å²) in [5.41, 5.74) is 11.4. The van der Waals surface area contributed by atoms with Gasteiger partial charge in [-0.15, -0.1) is 0 Å². The van der Waals surface area contributed by atoms with E-state index in [1.165, 1.54) is 0 Å². The van der Waals surface area contributed by atoms with Gasteiger partial charge >= 0.3 is 0 Å². The van der Waals surface area contributed by atoms with Gasteiger partial charge < -0.3 is 9.13 Å². The van der Waals surface area contributed by atoms with Crippen molar-refractivity contribution in [3.63, 3.8) is 0 Å². The zero-order chi connectivity index (χ0) is 33.8. The molecule has 9 rings (SSSR count). The molecule has 0 aliphatic carbocycles. The molecular formula is C45H25N5. The molecule has 0 saturated carbocycles. The first kappa shape index (κ1) is 28.8. The molecule has 0 radical (unpaired) electrons. The van der Waals surface area contributed by atoms with Crippen LogP contribution < -0.4 is 0 Å². The maximum absolute atomic E-state index is 9.67. The van der Waals surface area contributed by atoms with Crippen LogP contribution in [0.15, 0.2) is 152 Å². The molecule has 0 aliphatic heterocycles. The molecular weight excluding hydrogens is 611 g/mol. The number of nitrogens with zero attached hydrogens (tertiary/aromatic N) is 5. The van der Waals surface area contributed by atoms with Crippen LogP contribution in [0.1, 0.15) is 5.56 Å². The fraction of sp³-hybridized carbons (Fsp3) is 0. The van der Waals surface area contributed by atoms with Crippen molar-refractivity contribution in [1.82, 2.24) is 9.13 Å². The highest BCUT2D eigenvalue weighted by Crippen LogP contribution is 2.42. The van der Waals surface area contributed by atoms with Crippen LogP contribution in [0.4, 0.5) is 11.4 Å². The second-order valence-electron chi connectivity index (χ2n) is 12.3. The Bertz CT molecular complexity index is 2970. The molecule has 50 heavy (non-hydrogen) atoms. The van der Waals surface area contributed by atoms with Gasteiger partial charge in [-0.05, 0) is 76.2 Å². The number of fused-ring (bicyclic) bond motifs is 6. The summed E-state index contributed by atoms with van der Waals surface area (Å²) in [6.45, 7) is 16.1. The molecule has 0 spiro atoms. The van der Waals surface area contributed by atoms with Gasteiger partial charge in [-0.3, -0.25) is 0 Å². The molecule has 5 nitrogen and oxygen atoms in total. The lowest BCUT2D eigenvalue weighted by Gasteiger charge is -2.17. The summed E-state index contributed by atoms with van der Waals surface area (Å²) in [4.78, 5) is 7.89. The van der Waals surface area contributed by atoms with E-state index in [-0.39, 0.29) is 0 Å². The van der Waals surface area contributed by atoms with Crippen molar-refractivity contribution in [2.24, 2.45) is 0 Å². The van der Waals surface area contributed by atoms with Gasteiger partial charge in [0.25, 0.3) is 0 Å². The minimum absolute atomic E-state index is 0.545. The van der Waals surface area contributed by atoms with E-state index in [0.29, 0.717) is 16.9 Å². The quantitative estimate of drug-likeness (QED) is 0.177. The zero-order valence-corrected chi connectivity index (χ0v) is 26.7. The molecule has 2 aromatic heterocycles. The van der Waals surface area contributed by atoms with Crippen LogP contribution in [0.2, 0.25) is 0 Å². The topological polar surface area (TPSA) is 42.4 Å². The molecule has 0 amide bonds. The average Bonchev–Trinajstić information content (AvgIpc) is 3.70. The van der Waals surface area contributed by atoms with E-state index in [2.05, 4.69) is 110 Å². The molecule has 0 fully saturated rings. The van der Waals surface area contributed by atoms with Crippen LogP contribution in [0.5, 0.6) is 0 Å². The van der Waals surface area contributed by atoms with E-state index in [4.69, 9.17) is 13.1 Å². The Hall–Kier alpha value is -7.39. The minimum atomic E-state index is 0.545. The van der Waals surface area contributed by atoms with E-state index < -0.39 is 0 Å². The summed E-state index contributed by atoms with van der Waals surface area (Å²) in [5.74, 6) is 0. The molecule has 0 bridgehead atoms. The third kappa shape index (κ3) is 4.31. The average molecular weight is 636 g/mol. The summed E-state index contributed by atoms with van der Waals surface area (Å²) in [5, 5.41) is 13.8. The Labute approximate surface area is 288 Å². The van der Waals surface area contributed by atoms with Crippen molar-refractivity contribution < 1.29 is 0 Å². The van der Waals surface area contributed by atoms with Gasteiger partial charge in [0.2, 0.25) is 11.4 Å². The number of hydrogen-bond acceptors (Lipinski definition) is 1. The van der Waals surface area contributed by atoms with Crippen LogP contribution >= 0.6 is 0 Å². The Morgan fingerprint density at radius 3 is 1.86 bits per heavy atom. The number of para-hydroxylation sites is 4. The van der Waals surface area contributed by atoms with Gasteiger partial charge in [-0.1, -0.05) is 103 Å². The summed E-state index contributed by atoms with van der Waals surface area (Å²) >= 11 is 0. The predicted octanol–water partition coefficient (Wildman–Crippen LogP) is 12.2. The van der Waals surface area contributed by atoms with E-state index >= 15 is 0 Å². The Morgan fingerprint density at radius 2 is 1.08 bits per heavy atom. The third-order valence-corrected chi connectivity index (χ3v) is 9.57. The number of rotatable bonds is 4. The van der Waals surface area contributed by atoms with Gasteiger partial charge in [-0.2, -0.15) is 5.26 Å². The first-order valence-electron chi connectivity index (χ1n) is 16.2. The summed E-state index contributed by atoms with van der Waals surface area (Å²) in [6.07, 6.45) is 0. The molecule has 0 N–H and O–H groups in total. The summed E-state index contributed by atoms with van der Waals surface area (Å²) in [6, 6.07) is 53.2. The fourth-order valence-corrected chi connectivity index (χ4v) is 7.42. The second kappa shape index (κ2) is 11.4. The van der Waals surface area contributed by atoms with Gasteiger partial charge in [0.05, 0.1) is 52.5 Å². The fourth-order valence-electron chi connectivity index (χ4n) is 7.42. The number of aromatic nitrogens is 2. The normalized spacial score (nSPS) is 11.1. The summed E-state index contributed by atoms with van der Waals surface area (Å²) < 4.78 is 4.36. The third-order valence-electron chi connectivity index (χ3n) is 9.57. The largest absolute Gasteiger partial charge is 0.319 e. The van der Waals surface area contributed by atoms with Crippen LogP contribution in [0, 0.1) is 24.5 Å². The molecule has 9 aromatic rings. The van der Waals surface area contributed by atoms with Crippen molar-refractivity contribution >= 4 is 55.0 Å². The van der Waals surface area contributed by atoms with Crippen LogP contribution in [0.3, 0.4) is 0 Å². The second-order valence-corrected chi connectivity index (χ2v) is 12.3. The minimum Gasteiger partial charge on any atom is -0.319 e. The number of hydrogen-bond donors (Lipinski definition) is 0. The zero-order valence-electron chi connectivity index (χ0n) is 26.7. The van der Waals surface area contributed by atoms with E-state index in [0.717, 1.165) is 77.2 Å². The van der Waals surface area contributed by atoms with Gasteiger partial charge in [-0.25, -0.2) is 9.69 Å². The van der Waals surface area contributed by atoms with Crippen LogP contribution in [-0.4, -0.2) is 9.13 Å². The van der Waals surface area contributed by atoms with Crippen molar-refractivity contribution in [3.05, 3.63) is 180 Å². The van der Waals surface area contributed by atoms with Gasteiger partial charge in [0.15, 0.2) is 0 Å².